The third-order valence-electron chi connectivity index (χ3n) is 5.10. The molecule has 1 aromatic rings. The molecule has 1 saturated heterocycles. The Morgan fingerprint density at radius 3 is 2.26 bits per heavy atom. The first-order valence-electron chi connectivity index (χ1n) is 10.3. The predicted molar refractivity (Wildman–Crippen MR) is 118 cm³/mol. The maximum Gasteiger partial charge on any atom is 0.433 e. The minimum absolute atomic E-state index is 0. The van der Waals surface area contributed by atoms with Gasteiger partial charge in [-0.2, -0.15) is 13.2 Å². The maximum atomic E-state index is 13.3. The highest BCUT2D eigenvalue weighted by Crippen LogP contribution is 2.32. The molecule has 0 radical (unpaired) electrons. The minimum Gasteiger partial charge on any atom is -0.354 e. The standard InChI is InChI=1S/C20H30F3N7.ClH/c1-19(2,3)18-26-16(20(21,22)23)14-17(27-18)29-12-10-28(11-13-29)8-4-5-9-30-15-24-6-7-25-30;/h6-7,14-15,25H,4-5,8-13H2,1-3H3;1H. The molecule has 3 heterocycles. The summed E-state index contributed by atoms with van der Waals surface area (Å²) in [6.45, 7) is 10.3. The second-order valence-electron chi connectivity index (χ2n) is 8.62. The first-order valence-corrected chi connectivity index (χ1v) is 10.3. The number of hydrazine groups is 1. The maximum absolute atomic E-state index is 13.3. The quantitative estimate of drug-likeness (QED) is 0.655. The zero-order chi connectivity index (χ0) is 21.8. The molecular weight excluding hydrogens is 431 g/mol. The second kappa shape index (κ2) is 10.5. The van der Waals surface area contributed by atoms with Gasteiger partial charge in [0.1, 0.15) is 23.7 Å². The van der Waals surface area contributed by atoms with Crippen molar-refractivity contribution in [3.8, 4) is 0 Å². The molecule has 2 aliphatic heterocycles. The number of aliphatic imine (C=N–C) groups is 1. The Labute approximate surface area is 187 Å². The van der Waals surface area contributed by atoms with Crippen LogP contribution in [0.3, 0.4) is 0 Å². The molecule has 0 bridgehead atoms. The summed E-state index contributed by atoms with van der Waals surface area (Å²) in [4.78, 5) is 16.6. The topological polar surface area (TPSA) is 59.9 Å². The summed E-state index contributed by atoms with van der Waals surface area (Å²) in [6, 6.07) is 1.08. The van der Waals surface area contributed by atoms with Crippen LogP contribution in [0.4, 0.5) is 19.0 Å². The Hall–Kier alpha value is -2.07. The predicted octanol–water partition coefficient (Wildman–Crippen LogP) is 3.44. The molecule has 1 aromatic heterocycles. The number of nitrogens with one attached hydrogen (secondary N) is 1. The van der Waals surface area contributed by atoms with Crippen LogP contribution in [0.2, 0.25) is 0 Å². The fourth-order valence-electron chi connectivity index (χ4n) is 3.34. The Balaban J connectivity index is 0.00000341. The number of alkyl halides is 3. The van der Waals surface area contributed by atoms with Crippen LogP contribution in [-0.2, 0) is 11.6 Å². The zero-order valence-corrected chi connectivity index (χ0v) is 19.0. The SMILES string of the molecule is CC(C)(C)c1nc(N2CCN(CCCCN3C=NC=CN3)CC2)cc(C(F)(F)F)n1.Cl. The van der Waals surface area contributed by atoms with E-state index in [0.717, 1.165) is 45.1 Å². The van der Waals surface area contributed by atoms with E-state index in [1.54, 1.807) is 18.7 Å². The molecule has 0 unspecified atom stereocenters. The van der Waals surface area contributed by atoms with Crippen LogP contribution < -0.4 is 10.3 Å². The van der Waals surface area contributed by atoms with Gasteiger partial charge in [-0.3, -0.25) is 9.91 Å². The van der Waals surface area contributed by atoms with Crippen LogP contribution in [0.25, 0.3) is 0 Å². The normalized spacial score (nSPS) is 17.5. The third kappa shape index (κ3) is 7.24. The number of aromatic nitrogens is 2. The van der Waals surface area contributed by atoms with Gasteiger partial charge in [0.2, 0.25) is 0 Å². The van der Waals surface area contributed by atoms with Gasteiger partial charge in [0.05, 0.1) is 0 Å². The molecule has 7 nitrogen and oxygen atoms in total. The minimum atomic E-state index is -4.48. The van der Waals surface area contributed by atoms with Crippen LogP contribution >= 0.6 is 12.4 Å². The molecule has 0 aliphatic carbocycles. The monoisotopic (exact) mass is 461 g/mol. The van der Waals surface area contributed by atoms with E-state index in [4.69, 9.17) is 0 Å². The molecule has 1 fully saturated rings. The average molecular weight is 462 g/mol. The lowest BCUT2D eigenvalue weighted by Gasteiger charge is -2.36. The van der Waals surface area contributed by atoms with Crippen molar-refractivity contribution in [3.05, 3.63) is 30.0 Å². The Morgan fingerprint density at radius 1 is 1.00 bits per heavy atom. The first-order chi connectivity index (χ1) is 14.1. The molecular formula is C20H31ClF3N7. The zero-order valence-electron chi connectivity index (χ0n) is 18.2. The van der Waals surface area contributed by atoms with E-state index < -0.39 is 17.3 Å². The van der Waals surface area contributed by atoms with E-state index in [2.05, 4.69) is 25.3 Å². The summed E-state index contributed by atoms with van der Waals surface area (Å²) in [5, 5.41) is 1.94. The van der Waals surface area contributed by atoms with Gasteiger partial charge in [0, 0.05) is 56.6 Å². The van der Waals surface area contributed by atoms with Gasteiger partial charge in [0.25, 0.3) is 0 Å². The molecule has 0 atom stereocenters. The van der Waals surface area contributed by atoms with Gasteiger partial charge in [-0.05, 0) is 19.4 Å². The van der Waals surface area contributed by atoms with Gasteiger partial charge >= 0.3 is 6.18 Å². The lowest BCUT2D eigenvalue weighted by molar-refractivity contribution is -0.141. The Morgan fingerprint density at radius 2 is 1.68 bits per heavy atom. The highest BCUT2D eigenvalue weighted by molar-refractivity contribution is 5.85. The molecule has 0 saturated carbocycles. The number of piperazine rings is 1. The summed E-state index contributed by atoms with van der Waals surface area (Å²) in [5.41, 5.74) is 1.68. The molecule has 11 heteroatoms. The number of nitrogens with zero attached hydrogens (tertiary/aromatic N) is 6. The van der Waals surface area contributed by atoms with Crippen LogP contribution in [-0.4, -0.2) is 65.5 Å². The van der Waals surface area contributed by atoms with Crippen molar-refractivity contribution < 1.29 is 13.2 Å². The second-order valence-corrected chi connectivity index (χ2v) is 8.62. The molecule has 174 valence electrons. The van der Waals surface area contributed by atoms with Crippen LogP contribution in [0.15, 0.2) is 23.5 Å². The Bertz CT molecular complexity index is 737. The van der Waals surface area contributed by atoms with Crippen LogP contribution in [0, 0.1) is 0 Å². The van der Waals surface area contributed by atoms with Gasteiger partial charge < -0.3 is 10.3 Å². The number of unbranched alkanes of at least 4 members (excludes halogenated alkanes) is 1. The van der Waals surface area contributed by atoms with E-state index in [-0.39, 0.29) is 18.2 Å². The van der Waals surface area contributed by atoms with Crippen molar-refractivity contribution in [2.24, 2.45) is 4.99 Å². The number of hydrogen-bond donors (Lipinski definition) is 1. The number of hydrogen-bond acceptors (Lipinski definition) is 7. The number of halogens is 4. The van der Waals surface area contributed by atoms with E-state index >= 15 is 0 Å². The highest BCUT2D eigenvalue weighted by atomic mass is 35.5. The van der Waals surface area contributed by atoms with Gasteiger partial charge in [-0.15, -0.1) is 12.4 Å². The summed E-state index contributed by atoms with van der Waals surface area (Å²) < 4.78 is 40.0. The molecule has 0 amide bonds. The van der Waals surface area contributed by atoms with Gasteiger partial charge in [-0.25, -0.2) is 15.0 Å². The summed E-state index contributed by atoms with van der Waals surface area (Å²) >= 11 is 0. The fraction of sp³-hybridized carbons (Fsp3) is 0.650. The van der Waals surface area contributed by atoms with E-state index in [9.17, 15) is 13.2 Å². The average Bonchev–Trinajstić information content (AvgIpc) is 2.71. The van der Waals surface area contributed by atoms with Crippen LogP contribution in [0.1, 0.15) is 45.1 Å². The van der Waals surface area contributed by atoms with Crippen LogP contribution in [0.5, 0.6) is 0 Å². The van der Waals surface area contributed by atoms with Crippen molar-refractivity contribution in [1.82, 2.24) is 25.3 Å². The van der Waals surface area contributed by atoms with Gasteiger partial charge in [0.15, 0.2) is 0 Å². The van der Waals surface area contributed by atoms with Crippen molar-refractivity contribution in [1.29, 1.82) is 0 Å². The van der Waals surface area contributed by atoms with Crippen molar-refractivity contribution in [3.63, 3.8) is 0 Å². The smallest absolute Gasteiger partial charge is 0.354 e. The lowest BCUT2D eigenvalue weighted by atomic mass is 9.95. The summed E-state index contributed by atoms with van der Waals surface area (Å²) in [5.74, 6) is 0.588. The fourth-order valence-corrected chi connectivity index (χ4v) is 3.34. The third-order valence-corrected chi connectivity index (χ3v) is 5.10. The largest absolute Gasteiger partial charge is 0.433 e. The van der Waals surface area contributed by atoms with Gasteiger partial charge in [-0.1, -0.05) is 20.8 Å². The molecule has 1 N–H and O–H groups in total. The molecule has 0 spiro atoms. The summed E-state index contributed by atoms with van der Waals surface area (Å²) in [7, 11) is 0. The first kappa shape index (κ1) is 25.2. The van der Waals surface area contributed by atoms with E-state index in [1.165, 1.54) is 0 Å². The summed E-state index contributed by atoms with van der Waals surface area (Å²) in [6.07, 6.45) is 2.86. The van der Waals surface area contributed by atoms with Crippen molar-refractivity contribution in [2.75, 3.05) is 44.2 Å². The number of rotatable bonds is 6. The molecule has 2 aliphatic rings. The molecule has 0 aromatic carbocycles. The van der Waals surface area contributed by atoms with E-state index in [0.29, 0.717) is 18.9 Å². The molecule has 31 heavy (non-hydrogen) atoms. The Kier molecular flexibility index (Phi) is 8.53. The highest BCUT2D eigenvalue weighted by Gasteiger charge is 2.35. The van der Waals surface area contributed by atoms with Crippen molar-refractivity contribution in [2.45, 2.75) is 45.2 Å². The number of anilines is 1. The van der Waals surface area contributed by atoms with Crippen molar-refractivity contribution >= 4 is 24.6 Å². The lowest BCUT2D eigenvalue weighted by Crippen LogP contribution is -2.47. The van der Waals surface area contributed by atoms with E-state index in [1.807, 2.05) is 30.7 Å². The molecule has 3 rings (SSSR count).